The third-order valence-corrected chi connectivity index (χ3v) is 4.13. The molecule has 4 nitrogen and oxygen atoms in total. The number of anilines is 1. The summed E-state index contributed by atoms with van der Waals surface area (Å²) in [5.41, 5.74) is 2.02. The van der Waals surface area contributed by atoms with Crippen molar-refractivity contribution in [2.24, 2.45) is 0 Å². The van der Waals surface area contributed by atoms with Crippen LogP contribution >= 0.6 is 11.6 Å². The molecule has 0 spiro atoms. The smallest absolute Gasteiger partial charge is 0.148 e. The summed E-state index contributed by atoms with van der Waals surface area (Å²) < 4.78 is 5.90. The van der Waals surface area contributed by atoms with E-state index in [0.29, 0.717) is 29.9 Å². The summed E-state index contributed by atoms with van der Waals surface area (Å²) >= 11 is 6.15. The van der Waals surface area contributed by atoms with Gasteiger partial charge in [-0.3, -0.25) is 0 Å². The molecule has 1 aromatic carbocycles. The summed E-state index contributed by atoms with van der Waals surface area (Å²) in [6.45, 7) is 7.43. The van der Waals surface area contributed by atoms with E-state index in [1.54, 1.807) is 0 Å². The van der Waals surface area contributed by atoms with Crippen molar-refractivity contribution in [3.63, 3.8) is 0 Å². The van der Waals surface area contributed by atoms with Crippen molar-refractivity contribution in [1.29, 1.82) is 0 Å². The maximum atomic E-state index is 6.15. The van der Waals surface area contributed by atoms with Gasteiger partial charge in [-0.15, -0.1) is 0 Å². The topological polar surface area (TPSA) is 47.0 Å². The van der Waals surface area contributed by atoms with Gasteiger partial charge in [-0.05, 0) is 30.9 Å². The Balaban J connectivity index is 1.91. The maximum Gasteiger partial charge on any atom is 0.148 e. The standard InChI is InChI=1S/C17H22ClN3O/c1-4-12(2)14-7-5-6-8-15(14)22-10-9-19-17-16(18)13(3)20-11-21-17/h5-8,11-12H,4,9-10H2,1-3H3,(H,19,20,21). The molecule has 2 aromatic rings. The van der Waals surface area contributed by atoms with Crippen molar-refractivity contribution in [2.45, 2.75) is 33.1 Å². The van der Waals surface area contributed by atoms with Crippen molar-refractivity contribution in [2.75, 3.05) is 18.5 Å². The fourth-order valence-corrected chi connectivity index (χ4v) is 2.31. The number of hydrogen-bond acceptors (Lipinski definition) is 4. The monoisotopic (exact) mass is 319 g/mol. The van der Waals surface area contributed by atoms with Gasteiger partial charge in [0.2, 0.25) is 0 Å². The number of halogens is 1. The van der Waals surface area contributed by atoms with Gasteiger partial charge in [-0.25, -0.2) is 9.97 Å². The second kappa shape index (κ2) is 7.99. The van der Waals surface area contributed by atoms with Crippen LogP contribution in [0.15, 0.2) is 30.6 Å². The number of para-hydroxylation sites is 1. The highest BCUT2D eigenvalue weighted by Gasteiger charge is 2.09. The van der Waals surface area contributed by atoms with Crippen molar-refractivity contribution in [1.82, 2.24) is 9.97 Å². The van der Waals surface area contributed by atoms with Crippen LogP contribution in [-0.4, -0.2) is 23.1 Å². The van der Waals surface area contributed by atoms with E-state index in [9.17, 15) is 0 Å². The summed E-state index contributed by atoms with van der Waals surface area (Å²) in [6, 6.07) is 8.19. The maximum absolute atomic E-state index is 6.15. The van der Waals surface area contributed by atoms with E-state index in [1.807, 2.05) is 19.1 Å². The molecule has 0 bridgehead atoms. The van der Waals surface area contributed by atoms with Crippen molar-refractivity contribution >= 4 is 17.4 Å². The average Bonchev–Trinajstić information content (AvgIpc) is 2.55. The quantitative estimate of drug-likeness (QED) is 0.766. The van der Waals surface area contributed by atoms with Gasteiger partial charge in [0.15, 0.2) is 0 Å². The number of aryl methyl sites for hydroxylation is 1. The zero-order valence-electron chi connectivity index (χ0n) is 13.3. The third-order valence-electron chi connectivity index (χ3n) is 3.68. The lowest BCUT2D eigenvalue weighted by Gasteiger charge is -2.16. The molecule has 1 aromatic heterocycles. The van der Waals surface area contributed by atoms with Gasteiger partial charge >= 0.3 is 0 Å². The lowest BCUT2D eigenvalue weighted by Crippen LogP contribution is -2.14. The van der Waals surface area contributed by atoms with E-state index >= 15 is 0 Å². The van der Waals surface area contributed by atoms with Gasteiger partial charge in [0.1, 0.15) is 29.5 Å². The number of rotatable bonds is 7. The van der Waals surface area contributed by atoms with E-state index < -0.39 is 0 Å². The largest absolute Gasteiger partial charge is 0.491 e. The first-order chi connectivity index (χ1) is 10.6. The first kappa shape index (κ1) is 16.6. The molecule has 0 aliphatic carbocycles. The van der Waals surface area contributed by atoms with Crippen LogP contribution in [0.1, 0.15) is 37.4 Å². The molecule has 0 radical (unpaired) electrons. The molecular formula is C17H22ClN3O. The van der Waals surface area contributed by atoms with Crippen LogP contribution in [0.3, 0.4) is 0 Å². The van der Waals surface area contributed by atoms with Crippen LogP contribution in [-0.2, 0) is 0 Å². The zero-order chi connectivity index (χ0) is 15.9. The Morgan fingerprint density at radius 1 is 1.27 bits per heavy atom. The van der Waals surface area contributed by atoms with E-state index in [-0.39, 0.29) is 0 Å². The molecule has 2 rings (SSSR count). The van der Waals surface area contributed by atoms with Gasteiger partial charge in [0.05, 0.1) is 12.2 Å². The summed E-state index contributed by atoms with van der Waals surface area (Å²) in [4.78, 5) is 8.17. The number of benzene rings is 1. The molecule has 1 atom stereocenters. The van der Waals surface area contributed by atoms with E-state index in [4.69, 9.17) is 16.3 Å². The second-order valence-corrected chi connectivity index (χ2v) is 5.62. The Hall–Kier alpha value is -1.81. The second-order valence-electron chi connectivity index (χ2n) is 5.24. The fourth-order valence-electron chi connectivity index (χ4n) is 2.15. The molecule has 1 heterocycles. The molecule has 0 fully saturated rings. The normalized spacial score (nSPS) is 12.0. The Kier molecular flexibility index (Phi) is 6.01. The minimum atomic E-state index is 0.489. The SMILES string of the molecule is CCC(C)c1ccccc1OCCNc1ncnc(C)c1Cl. The van der Waals surface area contributed by atoms with Crippen LogP contribution in [0.2, 0.25) is 5.02 Å². The lowest BCUT2D eigenvalue weighted by atomic mass is 9.98. The highest BCUT2D eigenvalue weighted by atomic mass is 35.5. The highest BCUT2D eigenvalue weighted by Crippen LogP contribution is 2.28. The molecule has 0 saturated heterocycles. The van der Waals surface area contributed by atoms with Crippen LogP contribution in [0.5, 0.6) is 5.75 Å². The summed E-state index contributed by atoms with van der Waals surface area (Å²) in [5.74, 6) is 2.08. The number of ether oxygens (including phenoxy) is 1. The number of nitrogens with one attached hydrogen (secondary N) is 1. The Morgan fingerprint density at radius 2 is 2.05 bits per heavy atom. The first-order valence-electron chi connectivity index (χ1n) is 7.56. The fraction of sp³-hybridized carbons (Fsp3) is 0.412. The van der Waals surface area contributed by atoms with Crippen LogP contribution in [0.25, 0.3) is 0 Å². The number of nitrogens with zero attached hydrogens (tertiary/aromatic N) is 2. The van der Waals surface area contributed by atoms with Gasteiger partial charge < -0.3 is 10.1 Å². The molecule has 0 amide bonds. The van der Waals surface area contributed by atoms with Crippen molar-refractivity contribution in [3.8, 4) is 5.75 Å². The van der Waals surface area contributed by atoms with E-state index in [1.165, 1.54) is 11.9 Å². The van der Waals surface area contributed by atoms with Crippen LogP contribution in [0, 0.1) is 6.92 Å². The molecular weight excluding hydrogens is 298 g/mol. The Labute approximate surface area is 136 Å². The predicted octanol–water partition coefficient (Wildman–Crippen LogP) is 4.44. The molecule has 0 aliphatic rings. The van der Waals surface area contributed by atoms with E-state index in [0.717, 1.165) is 17.9 Å². The van der Waals surface area contributed by atoms with E-state index in [2.05, 4.69) is 41.3 Å². The molecule has 5 heteroatoms. The minimum absolute atomic E-state index is 0.489. The highest BCUT2D eigenvalue weighted by molar-refractivity contribution is 6.33. The molecule has 0 saturated carbocycles. The van der Waals surface area contributed by atoms with Gasteiger partial charge in [-0.2, -0.15) is 0 Å². The minimum Gasteiger partial charge on any atom is -0.491 e. The van der Waals surface area contributed by atoms with Crippen LogP contribution < -0.4 is 10.1 Å². The Bertz CT molecular complexity index is 619. The molecule has 0 aliphatic heterocycles. The summed E-state index contributed by atoms with van der Waals surface area (Å²) in [5, 5.41) is 3.74. The molecule has 1 N–H and O–H groups in total. The molecule has 1 unspecified atom stereocenters. The third kappa shape index (κ3) is 4.10. The number of aromatic nitrogens is 2. The summed E-state index contributed by atoms with van der Waals surface area (Å²) in [7, 11) is 0. The zero-order valence-corrected chi connectivity index (χ0v) is 14.0. The van der Waals surface area contributed by atoms with Crippen LogP contribution in [0.4, 0.5) is 5.82 Å². The van der Waals surface area contributed by atoms with Crippen molar-refractivity contribution < 1.29 is 4.74 Å². The Morgan fingerprint density at radius 3 is 2.82 bits per heavy atom. The lowest BCUT2D eigenvalue weighted by molar-refractivity contribution is 0.327. The van der Waals surface area contributed by atoms with Gasteiger partial charge in [-0.1, -0.05) is 43.6 Å². The van der Waals surface area contributed by atoms with Gasteiger partial charge in [0, 0.05) is 0 Å². The van der Waals surface area contributed by atoms with Crippen molar-refractivity contribution in [3.05, 3.63) is 46.9 Å². The summed E-state index contributed by atoms with van der Waals surface area (Å²) in [6.07, 6.45) is 2.59. The number of hydrogen-bond donors (Lipinski definition) is 1. The molecule has 22 heavy (non-hydrogen) atoms. The molecule has 118 valence electrons. The average molecular weight is 320 g/mol. The predicted molar refractivity (Wildman–Crippen MR) is 90.9 cm³/mol. The first-order valence-corrected chi connectivity index (χ1v) is 7.94. The van der Waals surface area contributed by atoms with Gasteiger partial charge in [0.25, 0.3) is 0 Å².